The van der Waals surface area contributed by atoms with Gasteiger partial charge in [0, 0.05) is 11.7 Å². The summed E-state index contributed by atoms with van der Waals surface area (Å²) in [5, 5.41) is 17.4. The maximum Gasteiger partial charge on any atom is 0.308 e. The van der Waals surface area contributed by atoms with Gasteiger partial charge in [0.25, 0.3) is 5.91 Å². The van der Waals surface area contributed by atoms with Crippen molar-refractivity contribution in [2.45, 2.75) is 39.8 Å². The van der Waals surface area contributed by atoms with Crippen LogP contribution in [0.5, 0.6) is 0 Å². The lowest BCUT2D eigenvalue weighted by atomic mass is 9.94. The third-order valence-corrected chi connectivity index (χ3v) is 4.76. The van der Waals surface area contributed by atoms with Gasteiger partial charge < -0.3 is 10.4 Å². The number of fused-ring (bicyclic) bond motifs is 1. The molecule has 1 amide bonds. The van der Waals surface area contributed by atoms with Crippen molar-refractivity contribution in [3.63, 3.8) is 0 Å². The van der Waals surface area contributed by atoms with E-state index >= 15 is 0 Å². The summed E-state index contributed by atoms with van der Waals surface area (Å²) in [6.45, 7) is 7.40. The molecule has 0 aliphatic rings. The summed E-state index contributed by atoms with van der Waals surface area (Å²) in [4.78, 5) is 29.3. The Morgan fingerprint density at radius 1 is 1.14 bits per heavy atom. The van der Waals surface area contributed by atoms with Crippen LogP contribution in [0.4, 0.5) is 0 Å². The summed E-state index contributed by atoms with van der Waals surface area (Å²) >= 11 is 0. The fourth-order valence-corrected chi connectivity index (χ4v) is 3.23. The zero-order chi connectivity index (χ0) is 20.4. The number of carboxylic acid groups (broad SMARTS) is 1. The molecule has 0 saturated heterocycles. The molecule has 3 aromatic rings. The number of pyridine rings is 1. The normalized spacial score (nSPS) is 13.5. The van der Waals surface area contributed by atoms with E-state index < -0.39 is 17.9 Å². The van der Waals surface area contributed by atoms with Crippen LogP contribution >= 0.6 is 0 Å². The summed E-state index contributed by atoms with van der Waals surface area (Å²) in [5.74, 6) is -2.11. The molecule has 3 rings (SSSR count). The maximum absolute atomic E-state index is 13.1. The molecule has 0 aliphatic heterocycles. The molecule has 0 aliphatic carbocycles. The van der Waals surface area contributed by atoms with Crippen molar-refractivity contribution in [1.82, 2.24) is 20.1 Å². The first-order valence-electron chi connectivity index (χ1n) is 9.23. The summed E-state index contributed by atoms with van der Waals surface area (Å²) in [7, 11) is 0. The number of nitrogens with one attached hydrogen (secondary N) is 1. The molecule has 2 N–H and O–H groups in total. The second-order valence-corrected chi connectivity index (χ2v) is 7.22. The number of aliphatic carboxylic acids is 1. The van der Waals surface area contributed by atoms with Crippen LogP contribution in [0.2, 0.25) is 0 Å². The van der Waals surface area contributed by atoms with E-state index in [-0.39, 0.29) is 11.9 Å². The Morgan fingerprint density at radius 2 is 1.82 bits per heavy atom. The van der Waals surface area contributed by atoms with Crippen LogP contribution < -0.4 is 5.32 Å². The highest BCUT2D eigenvalue weighted by Crippen LogP contribution is 2.25. The van der Waals surface area contributed by atoms with Gasteiger partial charge in [-0.15, -0.1) is 0 Å². The SMILES string of the molecule is Cc1cc(C(=O)NC(c2ccccc2)C(C)C(=O)O)c2cnn(C(C)C)c2n1. The molecular formula is C21H24N4O3. The number of carbonyl (C=O) groups excluding carboxylic acids is 1. The lowest BCUT2D eigenvalue weighted by Gasteiger charge is -2.23. The van der Waals surface area contributed by atoms with Gasteiger partial charge >= 0.3 is 5.97 Å². The minimum absolute atomic E-state index is 0.104. The number of amides is 1. The van der Waals surface area contributed by atoms with E-state index in [1.54, 1.807) is 23.9 Å². The zero-order valence-corrected chi connectivity index (χ0v) is 16.4. The van der Waals surface area contributed by atoms with Crippen molar-refractivity contribution in [2.24, 2.45) is 5.92 Å². The lowest BCUT2D eigenvalue weighted by Crippen LogP contribution is -2.35. The lowest BCUT2D eigenvalue weighted by molar-refractivity contribution is -0.142. The minimum atomic E-state index is -0.974. The second kappa shape index (κ2) is 7.80. The van der Waals surface area contributed by atoms with Gasteiger partial charge in [-0.25, -0.2) is 9.67 Å². The van der Waals surface area contributed by atoms with E-state index in [9.17, 15) is 14.7 Å². The predicted molar refractivity (Wildman–Crippen MR) is 106 cm³/mol. The van der Waals surface area contributed by atoms with Gasteiger partial charge in [-0.2, -0.15) is 5.10 Å². The summed E-state index contributed by atoms with van der Waals surface area (Å²) in [6, 6.07) is 10.3. The number of hydrogen-bond donors (Lipinski definition) is 2. The van der Waals surface area contributed by atoms with Crippen LogP contribution in [0.15, 0.2) is 42.6 Å². The fourth-order valence-electron chi connectivity index (χ4n) is 3.23. The monoisotopic (exact) mass is 380 g/mol. The Hall–Kier alpha value is -3.22. The summed E-state index contributed by atoms with van der Waals surface area (Å²) < 4.78 is 1.77. The number of rotatable bonds is 6. The average Bonchev–Trinajstić information content (AvgIpc) is 3.09. The molecule has 2 aromatic heterocycles. The average molecular weight is 380 g/mol. The Kier molecular flexibility index (Phi) is 5.44. The third kappa shape index (κ3) is 3.74. The van der Waals surface area contributed by atoms with Crippen molar-refractivity contribution >= 4 is 22.9 Å². The molecule has 146 valence electrons. The molecule has 0 radical (unpaired) electrons. The second-order valence-electron chi connectivity index (χ2n) is 7.22. The quantitative estimate of drug-likeness (QED) is 0.682. The Balaban J connectivity index is 2.02. The standard InChI is InChI=1S/C21H24N4O3/c1-12(2)25-19-17(11-22-25)16(10-13(3)23-19)20(26)24-18(14(4)21(27)28)15-8-6-5-7-9-15/h5-12,14,18H,1-4H3,(H,24,26)(H,27,28). The number of carboxylic acids is 1. The van der Waals surface area contributed by atoms with Gasteiger partial charge in [-0.3, -0.25) is 9.59 Å². The van der Waals surface area contributed by atoms with Gasteiger partial charge in [-0.1, -0.05) is 30.3 Å². The number of nitrogens with zero attached hydrogens (tertiary/aromatic N) is 3. The molecule has 0 spiro atoms. The summed E-state index contributed by atoms with van der Waals surface area (Å²) in [6.07, 6.45) is 1.63. The maximum atomic E-state index is 13.1. The molecule has 7 nitrogen and oxygen atoms in total. The summed E-state index contributed by atoms with van der Waals surface area (Å²) in [5.41, 5.74) is 2.52. The smallest absolute Gasteiger partial charge is 0.308 e. The van der Waals surface area contributed by atoms with E-state index in [1.807, 2.05) is 51.1 Å². The Bertz CT molecular complexity index is 1010. The molecule has 2 unspecified atom stereocenters. The molecule has 28 heavy (non-hydrogen) atoms. The first-order valence-corrected chi connectivity index (χ1v) is 9.23. The Morgan fingerprint density at radius 3 is 2.43 bits per heavy atom. The van der Waals surface area contributed by atoms with Crippen LogP contribution in [0.1, 0.15) is 54.5 Å². The number of benzene rings is 1. The van der Waals surface area contributed by atoms with Crippen molar-refractivity contribution in [3.05, 3.63) is 59.4 Å². The highest BCUT2D eigenvalue weighted by molar-refractivity contribution is 6.05. The predicted octanol–water partition coefficient (Wildman–Crippen LogP) is 3.51. The van der Waals surface area contributed by atoms with Crippen LogP contribution in [-0.4, -0.2) is 31.7 Å². The third-order valence-electron chi connectivity index (χ3n) is 4.76. The number of carbonyl (C=O) groups is 2. The molecule has 0 saturated carbocycles. The van der Waals surface area contributed by atoms with Crippen molar-refractivity contribution in [2.75, 3.05) is 0 Å². The number of aryl methyl sites for hydroxylation is 1. The van der Waals surface area contributed by atoms with Crippen LogP contribution in [-0.2, 0) is 4.79 Å². The van der Waals surface area contributed by atoms with Gasteiger partial charge in [-0.05, 0) is 39.3 Å². The minimum Gasteiger partial charge on any atom is -0.481 e. The van der Waals surface area contributed by atoms with E-state index in [2.05, 4.69) is 15.4 Å². The largest absolute Gasteiger partial charge is 0.481 e. The fraction of sp³-hybridized carbons (Fsp3) is 0.333. The van der Waals surface area contributed by atoms with Crippen LogP contribution in [0, 0.1) is 12.8 Å². The van der Waals surface area contributed by atoms with E-state index in [0.29, 0.717) is 22.3 Å². The van der Waals surface area contributed by atoms with Crippen molar-refractivity contribution in [3.8, 4) is 0 Å². The van der Waals surface area contributed by atoms with E-state index in [1.165, 1.54) is 0 Å². The number of hydrogen-bond acceptors (Lipinski definition) is 4. The first kappa shape index (κ1) is 19.5. The van der Waals surface area contributed by atoms with Gasteiger partial charge in [0.15, 0.2) is 5.65 Å². The van der Waals surface area contributed by atoms with Crippen molar-refractivity contribution < 1.29 is 14.7 Å². The molecule has 0 bridgehead atoms. The highest BCUT2D eigenvalue weighted by Gasteiger charge is 2.28. The molecular weight excluding hydrogens is 356 g/mol. The van der Waals surface area contributed by atoms with Gasteiger partial charge in [0.2, 0.25) is 0 Å². The molecule has 0 fully saturated rings. The van der Waals surface area contributed by atoms with E-state index in [0.717, 1.165) is 5.56 Å². The highest BCUT2D eigenvalue weighted by atomic mass is 16.4. The molecule has 2 atom stereocenters. The molecule has 7 heteroatoms. The molecule has 2 heterocycles. The van der Waals surface area contributed by atoms with Crippen LogP contribution in [0.3, 0.4) is 0 Å². The van der Waals surface area contributed by atoms with Crippen molar-refractivity contribution in [1.29, 1.82) is 0 Å². The van der Waals surface area contributed by atoms with Gasteiger partial charge in [0.05, 0.1) is 29.1 Å². The van der Waals surface area contributed by atoms with Gasteiger partial charge in [0.1, 0.15) is 0 Å². The first-order chi connectivity index (χ1) is 13.3. The zero-order valence-electron chi connectivity index (χ0n) is 16.4. The van der Waals surface area contributed by atoms with E-state index in [4.69, 9.17) is 0 Å². The molecule has 1 aromatic carbocycles. The number of aromatic nitrogens is 3. The van der Waals surface area contributed by atoms with Crippen LogP contribution in [0.25, 0.3) is 11.0 Å². The Labute approximate surface area is 163 Å². The topological polar surface area (TPSA) is 97.1 Å².